The van der Waals surface area contributed by atoms with E-state index in [-0.39, 0.29) is 41.7 Å². The number of thioether (sulfide) groups is 1. The zero-order chi connectivity index (χ0) is 16.1. The number of Topliss-reactive ketones (excluding diaryl/α,β-unsaturated/α-hetero) is 1. The van der Waals surface area contributed by atoms with E-state index < -0.39 is 0 Å². The van der Waals surface area contributed by atoms with Crippen LogP contribution in [0.25, 0.3) is 0 Å². The fraction of sp³-hybridized carbons (Fsp3) is 0.333. The molecule has 0 spiro atoms. The number of carbonyl (C=O) groups is 4. The Kier molecular flexibility index (Phi) is 5.32. The first-order valence-corrected chi connectivity index (χ1v) is 7.90. The third-order valence-corrected chi connectivity index (χ3v) is 4.11. The predicted octanol–water partition coefficient (Wildman–Crippen LogP) is 1.70. The monoisotopic (exact) mass is 320 g/mol. The van der Waals surface area contributed by atoms with E-state index in [1.165, 1.54) is 0 Å². The zero-order valence-electron chi connectivity index (χ0n) is 12.1. The number of rotatable bonds is 6. The fourth-order valence-corrected chi connectivity index (χ4v) is 2.74. The van der Waals surface area contributed by atoms with E-state index in [0.717, 1.165) is 16.7 Å². The Morgan fingerprint density at radius 2 is 1.82 bits per heavy atom. The van der Waals surface area contributed by atoms with Gasteiger partial charge < -0.3 is 5.32 Å². The number of hydrogen-bond donors (Lipinski definition) is 1. The summed E-state index contributed by atoms with van der Waals surface area (Å²) in [5, 5.41) is 2.37. The van der Waals surface area contributed by atoms with Crippen molar-refractivity contribution in [1.29, 1.82) is 0 Å². The van der Waals surface area contributed by atoms with Crippen LogP contribution in [-0.2, 0) is 4.79 Å². The van der Waals surface area contributed by atoms with E-state index in [4.69, 9.17) is 0 Å². The first-order valence-electron chi connectivity index (χ1n) is 6.91. The molecule has 0 atom stereocenters. The quantitative estimate of drug-likeness (QED) is 0.807. The molecule has 7 heteroatoms. The lowest BCUT2D eigenvalue weighted by molar-refractivity contribution is -0.124. The number of ketones is 1. The van der Waals surface area contributed by atoms with Gasteiger partial charge in [-0.15, -0.1) is 0 Å². The lowest BCUT2D eigenvalue weighted by Crippen LogP contribution is -2.37. The molecule has 1 saturated heterocycles. The van der Waals surface area contributed by atoms with Crippen LogP contribution in [0.5, 0.6) is 0 Å². The van der Waals surface area contributed by atoms with Gasteiger partial charge in [0.25, 0.3) is 11.1 Å². The molecule has 1 aromatic carbocycles. The highest BCUT2D eigenvalue weighted by Crippen LogP contribution is 2.17. The topological polar surface area (TPSA) is 83.6 Å². The number of carbonyl (C=O) groups excluding carboxylic acids is 4. The molecular weight excluding hydrogens is 304 g/mol. The SMILES string of the molecule is CCC(=O)c1ccc(C(=O)NCCN2C(=O)CSC2=O)cc1. The molecule has 1 N–H and O–H groups in total. The van der Waals surface area contributed by atoms with Crippen LogP contribution in [0.3, 0.4) is 0 Å². The van der Waals surface area contributed by atoms with E-state index in [2.05, 4.69) is 5.32 Å². The molecule has 1 aliphatic heterocycles. The molecule has 0 radical (unpaired) electrons. The van der Waals surface area contributed by atoms with Gasteiger partial charge in [-0.3, -0.25) is 24.1 Å². The van der Waals surface area contributed by atoms with Crippen LogP contribution in [0, 0.1) is 0 Å². The maximum absolute atomic E-state index is 11.9. The average molecular weight is 320 g/mol. The third kappa shape index (κ3) is 3.73. The number of nitrogens with one attached hydrogen (secondary N) is 1. The smallest absolute Gasteiger partial charge is 0.288 e. The number of amides is 3. The summed E-state index contributed by atoms with van der Waals surface area (Å²) in [5.74, 6) is -0.343. The molecular formula is C15H16N2O4S. The Hall–Kier alpha value is -2.15. The molecule has 116 valence electrons. The van der Waals surface area contributed by atoms with Crippen molar-refractivity contribution in [2.75, 3.05) is 18.8 Å². The maximum atomic E-state index is 11.9. The molecule has 0 aromatic heterocycles. The van der Waals surface area contributed by atoms with Gasteiger partial charge in [0.1, 0.15) is 0 Å². The lowest BCUT2D eigenvalue weighted by Gasteiger charge is -2.13. The van der Waals surface area contributed by atoms with Gasteiger partial charge in [0.05, 0.1) is 5.75 Å². The Morgan fingerprint density at radius 3 is 2.36 bits per heavy atom. The Morgan fingerprint density at radius 1 is 1.18 bits per heavy atom. The summed E-state index contributed by atoms with van der Waals surface area (Å²) in [5.41, 5.74) is 1.01. The van der Waals surface area contributed by atoms with Gasteiger partial charge in [0, 0.05) is 30.6 Å². The molecule has 2 rings (SSSR count). The highest BCUT2D eigenvalue weighted by atomic mass is 32.2. The van der Waals surface area contributed by atoms with Crippen molar-refractivity contribution in [3.8, 4) is 0 Å². The second-order valence-electron chi connectivity index (χ2n) is 4.71. The maximum Gasteiger partial charge on any atom is 0.288 e. The summed E-state index contributed by atoms with van der Waals surface area (Å²) in [6, 6.07) is 6.40. The number of benzene rings is 1. The van der Waals surface area contributed by atoms with Crippen LogP contribution in [0.2, 0.25) is 0 Å². The number of hydrogen-bond acceptors (Lipinski definition) is 5. The van der Waals surface area contributed by atoms with Gasteiger partial charge in [0.15, 0.2) is 5.78 Å². The van der Waals surface area contributed by atoms with Crippen LogP contribution in [0.4, 0.5) is 4.79 Å². The summed E-state index contributed by atoms with van der Waals surface area (Å²) >= 11 is 0.968. The molecule has 1 fully saturated rings. The molecule has 0 bridgehead atoms. The van der Waals surface area contributed by atoms with Gasteiger partial charge >= 0.3 is 0 Å². The van der Waals surface area contributed by atoms with E-state index in [1.807, 2.05) is 0 Å². The fourth-order valence-electron chi connectivity index (χ4n) is 1.99. The van der Waals surface area contributed by atoms with E-state index >= 15 is 0 Å². The Balaban J connectivity index is 1.86. The lowest BCUT2D eigenvalue weighted by atomic mass is 10.1. The number of imide groups is 1. The molecule has 0 saturated carbocycles. The van der Waals surface area contributed by atoms with Gasteiger partial charge in [-0.1, -0.05) is 30.8 Å². The molecule has 1 heterocycles. The van der Waals surface area contributed by atoms with Crippen molar-refractivity contribution < 1.29 is 19.2 Å². The van der Waals surface area contributed by atoms with Crippen LogP contribution >= 0.6 is 11.8 Å². The van der Waals surface area contributed by atoms with Crippen LogP contribution in [-0.4, -0.2) is 46.6 Å². The highest BCUT2D eigenvalue weighted by Gasteiger charge is 2.29. The summed E-state index contributed by atoms with van der Waals surface area (Å²) < 4.78 is 0. The van der Waals surface area contributed by atoms with Crippen molar-refractivity contribution in [3.05, 3.63) is 35.4 Å². The highest BCUT2D eigenvalue weighted by molar-refractivity contribution is 8.14. The van der Waals surface area contributed by atoms with Gasteiger partial charge in [0.2, 0.25) is 5.91 Å². The van der Waals surface area contributed by atoms with Crippen molar-refractivity contribution in [1.82, 2.24) is 10.2 Å². The largest absolute Gasteiger partial charge is 0.350 e. The van der Waals surface area contributed by atoms with Crippen molar-refractivity contribution in [3.63, 3.8) is 0 Å². The Bertz CT molecular complexity index is 596. The molecule has 22 heavy (non-hydrogen) atoms. The minimum atomic E-state index is -0.303. The molecule has 1 aromatic rings. The van der Waals surface area contributed by atoms with Crippen molar-refractivity contribution in [2.45, 2.75) is 13.3 Å². The first kappa shape index (κ1) is 16.2. The minimum absolute atomic E-state index is 0.0236. The van der Waals surface area contributed by atoms with Crippen LogP contribution in [0.1, 0.15) is 34.1 Å². The third-order valence-electron chi connectivity index (χ3n) is 3.25. The second-order valence-corrected chi connectivity index (χ2v) is 5.64. The predicted molar refractivity (Wildman–Crippen MR) is 83.0 cm³/mol. The molecule has 0 aliphatic carbocycles. The van der Waals surface area contributed by atoms with Crippen molar-refractivity contribution >= 4 is 34.6 Å². The minimum Gasteiger partial charge on any atom is -0.350 e. The molecule has 3 amide bonds. The first-order chi connectivity index (χ1) is 10.5. The van der Waals surface area contributed by atoms with Gasteiger partial charge in [-0.25, -0.2) is 0 Å². The average Bonchev–Trinajstić information content (AvgIpc) is 2.86. The Labute approximate surface area is 132 Å². The van der Waals surface area contributed by atoms with E-state index in [1.54, 1.807) is 31.2 Å². The van der Waals surface area contributed by atoms with Gasteiger partial charge in [-0.05, 0) is 12.1 Å². The zero-order valence-corrected chi connectivity index (χ0v) is 12.9. The van der Waals surface area contributed by atoms with Crippen LogP contribution in [0.15, 0.2) is 24.3 Å². The van der Waals surface area contributed by atoms with Crippen molar-refractivity contribution in [2.24, 2.45) is 0 Å². The van der Waals surface area contributed by atoms with Gasteiger partial charge in [-0.2, -0.15) is 0 Å². The summed E-state index contributed by atoms with van der Waals surface area (Å²) in [7, 11) is 0. The molecule has 1 aliphatic rings. The standard InChI is InChI=1S/C15H16N2O4S/c1-2-12(18)10-3-5-11(6-4-10)14(20)16-7-8-17-13(19)9-22-15(17)21/h3-6H,2,7-9H2,1H3,(H,16,20). The van der Waals surface area contributed by atoms with E-state index in [0.29, 0.717) is 17.5 Å². The number of nitrogens with zero attached hydrogens (tertiary/aromatic N) is 1. The summed E-state index contributed by atoms with van der Waals surface area (Å²) in [6.45, 7) is 2.15. The normalized spacial score (nSPS) is 14.3. The molecule has 6 nitrogen and oxygen atoms in total. The summed E-state index contributed by atoms with van der Waals surface area (Å²) in [4.78, 5) is 47.4. The molecule has 0 unspecified atom stereocenters. The van der Waals surface area contributed by atoms with Crippen LogP contribution < -0.4 is 5.32 Å². The summed E-state index contributed by atoms with van der Waals surface area (Å²) in [6.07, 6.45) is 0.418. The van der Waals surface area contributed by atoms with E-state index in [9.17, 15) is 19.2 Å². The second kappa shape index (κ2) is 7.22.